The van der Waals surface area contributed by atoms with Gasteiger partial charge in [-0.15, -0.1) is 0 Å². The van der Waals surface area contributed by atoms with E-state index in [4.69, 9.17) is 21.1 Å². The topological polar surface area (TPSA) is 94.6 Å². The van der Waals surface area contributed by atoms with Crippen LogP contribution in [-0.4, -0.2) is 35.4 Å². The maximum absolute atomic E-state index is 12.0. The fourth-order valence-electron chi connectivity index (χ4n) is 2.05. The van der Waals surface area contributed by atoms with Gasteiger partial charge in [0, 0.05) is 18.2 Å². The lowest BCUT2D eigenvalue weighted by Crippen LogP contribution is -2.31. The molecule has 2 aromatic rings. The maximum Gasteiger partial charge on any atom is 0.344 e. The highest BCUT2D eigenvalue weighted by molar-refractivity contribution is 6.30. The molecular formula is C19H19ClN2O5. The molecule has 0 fully saturated rings. The van der Waals surface area contributed by atoms with Crippen molar-refractivity contribution in [3.05, 3.63) is 53.2 Å². The molecule has 0 aliphatic carbocycles. The number of carbonyl (C=O) groups excluding carboxylic acids is 3. The van der Waals surface area contributed by atoms with Gasteiger partial charge in [-0.3, -0.25) is 9.59 Å². The van der Waals surface area contributed by atoms with E-state index in [2.05, 4.69) is 10.3 Å². The third-order valence-corrected chi connectivity index (χ3v) is 3.73. The number of nitrogens with one attached hydrogen (secondary N) is 1. The highest BCUT2D eigenvalue weighted by atomic mass is 35.5. The number of nitrogens with zero attached hydrogens (tertiary/aromatic N) is 1. The van der Waals surface area contributed by atoms with Crippen LogP contribution in [0.1, 0.15) is 30.6 Å². The predicted molar refractivity (Wildman–Crippen MR) is 100.0 cm³/mol. The molecule has 2 rings (SSSR count). The Morgan fingerprint density at radius 2 is 1.85 bits per heavy atom. The first-order valence-corrected chi connectivity index (χ1v) is 8.64. The number of esters is 1. The van der Waals surface area contributed by atoms with Crippen LogP contribution in [0.4, 0.5) is 5.82 Å². The number of ketones is 1. The van der Waals surface area contributed by atoms with Gasteiger partial charge in [-0.05, 0) is 43.3 Å². The summed E-state index contributed by atoms with van der Waals surface area (Å²) in [4.78, 5) is 39.3. The first kappa shape index (κ1) is 20.4. The third-order valence-electron chi connectivity index (χ3n) is 3.51. The van der Waals surface area contributed by atoms with Crippen LogP contribution in [0.15, 0.2) is 42.6 Å². The highest BCUT2D eigenvalue weighted by Crippen LogP contribution is 2.14. The lowest BCUT2D eigenvalue weighted by atomic mass is 10.1. The van der Waals surface area contributed by atoms with E-state index in [1.54, 1.807) is 37.3 Å². The number of pyridine rings is 1. The molecule has 1 atom stereocenters. The quantitative estimate of drug-likeness (QED) is 0.549. The fraction of sp³-hybridized carbons (Fsp3) is 0.263. The van der Waals surface area contributed by atoms with Crippen molar-refractivity contribution in [2.24, 2.45) is 0 Å². The lowest BCUT2D eigenvalue weighted by Gasteiger charge is -2.13. The van der Waals surface area contributed by atoms with Crippen LogP contribution >= 0.6 is 11.6 Å². The van der Waals surface area contributed by atoms with Gasteiger partial charge in [0.1, 0.15) is 11.6 Å². The summed E-state index contributed by atoms with van der Waals surface area (Å²) in [5.74, 6) is -0.487. The van der Waals surface area contributed by atoms with Gasteiger partial charge in [0.25, 0.3) is 5.91 Å². The van der Waals surface area contributed by atoms with Crippen molar-refractivity contribution in [1.82, 2.24) is 4.98 Å². The van der Waals surface area contributed by atoms with Crippen molar-refractivity contribution in [2.75, 3.05) is 11.9 Å². The number of amides is 1. The molecule has 0 radical (unpaired) electrons. The molecule has 0 spiro atoms. The standard InChI is InChI=1S/C19H19ClN2O5/c1-3-16(23)13-4-7-15(8-5-13)26-11-18(24)27-12(2)19(25)22-17-9-6-14(20)10-21-17/h4-10,12H,3,11H2,1-2H3,(H,21,22,25). The molecule has 1 N–H and O–H groups in total. The van der Waals surface area contributed by atoms with E-state index in [0.717, 1.165) is 0 Å². The molecule has 8 heteroatoms. The number of anilines is 1. The maximum atomic E-state index is 12.0. The number of hydrogen-bond donors (Lipinski definition) is 1. The average Bonchev–Trinajstić information content (AvgIpc) is 2.67. The average molecular weight is 391 g/mol. The summed E-state index contributed by atoms with van der Waals surface area (Å²) in [5.41, 5.74) is 0.577. The van der Waals surface area contributed by atoms with Gasteiger partial charge in [0.15, 0.2) is 18.5 Å². The monoisotopic (exact) mass is 390 g/mol. The summed E-state index contributed by atoms with van der Waals surface area (Å²) in [5, 5.41) is 2.95. The summed E-state index contributed by atoms with van der Waals surface area (Å²) in [6.45, 7) is 2.86. The molecule has 1 aromatic heterocycles. The van der Waals surface area contributed by atoms with Gasteiger partial charge in [0.05, 0.1) is 5.02 Å². The van der Waals surface area contributed by atoms with Crippen LogP contribution in [-0.2, 0) is 14.3 Å². The first-order valence-electron chi connectivity index (χ1n) is 8.27. The molecule has 7 nitrogen and oxygen atoms in total. The summed E-state index contributed by atoms with van der Waals surface area (Å²) in [7, 11) is 0. The number of ether oxygens (including phenoxy) is 2. The summed E-state index contributed by atoms with van der Waals surface area (Å²) >= 11 is 5.72. The number of halogens is 1. The zero-order chi connectivity index (χ0) is 19.8. The Morgan fingerprint density at radius 3 is 2.44 bits per heavy atom. The number of hydrogen-bond acceptors (Lipinski definition) is 6. The fourth-order valence-corrected chi connectivity index (χ4v) is 2.16. The molecule has 0 aliphatic rings. The van der Waals surface area contributed by atoms with E-state index in [1.807, 2.05) is 0 Å². The molecule has 0 aliphatic heterocycles. The second-order valence-electron chi connectivity index (χ2n) is 5.57. The van der Waals surface area contributed by atoms with Crippen molar-refractivity contribution < 1.29 is 23.9 Å². The van der Waals surface area contributed by atoms with Gasteiger partial charge >= 0.3 is 5.97 Å². The lowest BCUT2D eigenvalue weighted by molar-refractivity contribution is -0.155. The van der Waals surface area contributed by atoms with Gasteiger partial charge in [-0.25, -0.2) is 9.78 Å². The molecular weight excluding hydrogens is 372 g/mol. The number of Topliss-reactive ketones (excluding diaryl/α,β-unsaturated/α-hetero) is 1. The zero-order valence-electron chi connectivity index (χ0n) is 14.9. The smallest absolute Gasteiger partial charge is 0.344 e. The second kappa shape index (κ2) is 9.68. The SMILES string of the molecule is CCC(=O)c1ccc(OCC(=O)OC(C)C(=O)Nc2ccc(Cl)cn2)cc1. The van der Waals surface area contributed by atoms with Crippen LogP contribution in [0, 0.1) is 0 Å². The number of benzene rings is 1. The molecule has 1 aromatic carbocycles. The van der Waals surface area contributed by atoms with Crippen molar-refractivity contribution in [1.29, 1.82) is 0 Å². The molecule has 142 valence electrons. The normalized spacial score (nSPS) is 11.4. The van der Waals surface area contributed by atoms with E-state index in [9.17, 15) is 14.4 Å². The van der Waals surface area contributed by atoms with Crippen LogP contribution in [0.3, 0.4) is 0 Å². The Bertz CT molecular complexity index is 806. The first-order chi connectivity index (χ1) is 12.9. The summed E-state index contributed by atoms with van der Waals surface area (Å²) < 4.78 is 10.3. The Balaban J connectivity index is 1.79. The Hall–Kier alpha value is -2.93. The minimum Gasteiger partial charge on any atom is -0.482 e. The van der Waals surface area contributed by atoms with Crippen LogP contribution in [0.25, 0.3) is 0 Å². The molecule has 0 saturated heterocycles. The number of aromatic nitrogens is 1. The van der Waals surface area contributed by atoms with Crippen molar-refractivity contribution in [2.45, 2.75) is 26.4 Å². The minimum absolute atomic E-state index is 0.0241. The zero-order valence-corrected chi connectivity index (χ0v) is 15.7. The number of carbonyl (C=O) groups is 3. The summed E-state index contributed by atoms with van der Waals surface area (Å²) in [6.07, 6.45) is 0.780. The predicted octanol–water partition coefficient (Wildman–Crippen LogP) is 3.28. The van der Waals surface area contributed by atoms with Gasteiger partial charge in [-0.2, -0.15) is 0 Å². The molecule has 0 bridgehead atoms. The molecule has 27 heavy (non-hydrogen) atoms. The van der Waals surface area contributed by atoms with Gasteiger partial charge in [-0.1, -0.05) is 18.5 Å². The van der Waals surface area contributed by atoms with E-state index < -0.39 is 18.0 Å². The molecule has 0 saturated carbocycles. The summed E-state index contributed by atoms with van der Waals surface area (Å²) in [6, 6.07) is 9.55. The van der Waals surface area contributed by atoms with Crippen molar-refractivity contribution >= 4 is 35.1 Å². The minimum atomic E-state index is -1.02. The third kappa shape index (κ3) is 6.38. The van der Waals surface area contributed by atoms with E-state index in [0.29, 0.717) is 28.6 Å². The van der Waals surface area contributed by atoms with Crippen LogP contribution in [0.5, 0.6) is 5.75 Å². The number of rotatable bonds is 8. The highest BCUT2D eigenvalue weighted by Gasteiger charge is 2.18. The van der Waals surface area contributed by atoms with E-state index in [1.165, 1.54) is 19.2 Å². The Labute approximate surface area is 161 Å². The van der Waals surface area contributed by atoms with E-state index >= 15 is 0 Å². The van der Waals surface area contributed by atoms with Crippen LogP contribution in [0.2, 0.25) is 5.02 Å². The van der Waals surface area contributed by atoms with Crippen molar-refractivity contribution in [3.63, 3.8) is 0 Å². The van der Waals surface area contributed by atoms with E-state index in [-0.39, 0.29) is 12.4 Å². The Kier molecular flexibility index (Phi) is 7.31. The van der Waals surface area contributed by atoms with Gasteiger partial charge < -0.3 is 14.8 Å². The largest absolute Gasteiger partial charge is 0.482 e. The Morgan fingerprint density at radius 1 is 1.15 bits per heavy atom. The van der Waals surface area contributed by atoms with Gasteiger partial charge in [0.2, 0.25) is 0 Å². The molecule has 1 heterocycles. The molecule has 1 unspecified atom stereocenters. The van der Waals surface area contributed by atoms with Crippen LogP contribution < -0.4 is 10.1 Å². The van der Waals surface area contributed by atoms with Crippen molar-refractivity contribution in [3.8, 4) is 5.75 Å². The molecule has 1 amide bonds. The second-order valence-corrected chi connectivity index (χ2v) is 6.01.